The first-order valence-electron chi connectivity index (χ1n) is 10.9. The third kappa shape index (κ3) is 5.19. The summed E-state index contributed by atoms with van der Waals surface area (Å²) in [6.45, 7) is 4.00. The van der Waals surface area contributed by atoms with Crippen molar-refractivity contribution in [3.05, 3.63) is 108 Å². The average molecular weight is 479 g/mol. The number of rotatable bonds is 6. The van der Waals surface area contributed by atoms with Gasteiger partial charge in [-0.25, -0.2) is 0 Å². The van der Waals surface area contributed by atoms with Gasteiger partial charge in [0.05, 0.1) is 5.56 Å². The first kappa shape index (κ1) is 24.0. The molecule has 0 bridgehead atoms. The van der Waals surface area contributed by atoms with Crippen LogP contribution in [0.3, 0.4) is 0 Å². The number of anilines is 2. The second kappa shape index (κ2) is 9.25. The highest BCUT2D eigenvalue weighted by molar-refractivity contribution is 5.55. The molecule has 0 spiro atoms. The van der Waals surface area contributed by atoms with Crippen LogP contribution in [0.25, 0.3) is 0 Å². The van der Waals surface area contributed by atoms with E-state index in [9.17, 15) is 13.2 Å². The fraction of sp³-hybridized carbons (Fsp3) is 0.143. The molecule has 0 unspecified atom stereocenters. The van der Waals surface area contributed by atoms with Crippen molar-refractivity contribution in [2.75, 3.05) is 11.5 Å². The van der Waals surface area contributed by atoms with Crippen molar-refractivity contribution in [3.8, 4) is 23.0 Å². The highest BCUT2D eigenvalue weighted by atomic mass is 19.4. The summed E-state index contributed by atoms with van der Waals surface area (Å²) in [4.78, 5) is 0. The van der Waals surface area contributed by atoms with Gasteiger partial charge in [-0.15, -0.1) is 0 Å². The number of hydrogen-bond donors (Lipinski definition) is 2. The number of hydrogen-bond acceptors (Lipinski definition) is 4. The third-order valence-corrected chi connectivity index (χ3v) is 5.76. The summed E-state index contributed by atoms with van der Waals surface area (Å²) in [5, 5.41) is 0. The van der Waals surface area contributed by atoms with Gasteiger partial charge in [-0.05, 0) is 42.5 Å². The zero-order chi connectivity index (χ0) is 25.2. The van der Waals surface area contributed by atoms with Crippen LogP contribution in [0.15, 0.2) is 91.0 Å². The van der Waals surface area contributed by atoms with Gasteiger partial charge in [0.2, 0.25) is 0 Å². The Hall–Kier alpha value is -4.13. The summed E-state index contributed by atoms with van der Waals surface area (Å²) < 4.78 is 52.2. The molecule has 0 aliphatic heterocycles. The molecule has 0 amide bonds. The molecule has 0 aliphatic carbocycles. The predicted octanol–water partition coefficient (Wildman–Crippen LogP) is 7.78. The molecule has 4 nitrogen and oxygen atoms in total. The lowest BCUT2D eigenvalue weighted by Gasteiger charge is -2.30. The van der Waals surface area contributed by atoms with Crippen LogP contribution in [0.1, 0.15) is 30.5 Å². The van der Waals surface area contributed by atoms with Crippen LogP contribution in [0.5, 0.6) is 23.0 Å². The summed E-state index contributed by atoms with van der Waals surface area (Å²) in [6.07, 6.45) is -4.58. The van der Waals surface area contributed by atoms with Gasteiger partial charge in [-0.3, -0.25) is 0 Å². The molecule has 0 aliphatic rings. The van der Waals surface area contributed by atoms with Crippen molar-refractivity contribution in [1.29, 1.82) is 0 Å². The molecule has 4 aromatic carbocycles. The molecule has 0 fully saturated rings. The lowest BCUT2D eigenvalue weighted by molar-refractivity contribution is -0.137. The van der Waals surface area contributed by atoms with Gasteiger partial charge < -0.3 is 20.9 Å². The highest BCUT2D eigenvalue weighted by Crippen LogP contribution is 2.44. The normalized spacial score (nSPS) is 11.8. The second-order valence-electron chi connectivity index (χ2n) is 8.64. The van der Waals surface area contributed by atoms with E-state index >= 15 is 0 Å². The standard InChI is InChI=1S/C28H25F3N2O2/c1-27(2,21-10-3-5-12-25(21)34-19-9-7-8-18(32)16-19)22-11-4-6-13-26(22)35-20-14-15-24(33)23(17-20)28(29,30)31/h3-17H,32-33H2,1-2H3. The van der Waals surface area contributed by atoms with Crippen molar-refractivity contribution < 1.29 is 22.6 Å². The van der Waals surface area contributed by atoms with Gasteiger partial charge in [0.15, 0.2) is 0 Å². The van der Waals surface area contributed by atoms with E-state index in [1.807, 2.05) is 62.4 Å². The van der Waals surface area contributed by atoms with Crippen molar-refractivity contribution in [2.24, 2.45) is 0 Å². The van der Waals surface area contributed by atoms with Gasteiger partial charge in [-0.2, -0.15) is 13.2 Å². The molecule has 4 rings (SSSR count). The average Bonchev–Trinajstić information content (AvgIpc) is 2.80. The molecule has 4 N–H and O–H groups in total. The minimum atomic E-state index is -4.58. The molecule has 4 aromatic rings. The largest absolute Gasteiger partial charge is 0.457 e. The third-order valence-electron chi connectivity index (χ3n) is 5.76. The maximum Gasteiger partial charge on any atom is 0.418 e. The number of benzene rings is 4. The maximum absolute atomic E-state index is 13.3. The Morgan fingerprint density at radius 2 is 1.14 bits per heavy atom. The Bertz CT molecular complexity index is 1350. The second-order valence-corrected chi connectivity index (χ2v) is 8.64. The number of para-hydroxylation sites is 2. The summed E-state index contributed by atoms with van der Waals surface area (Å²) in [5.74, 6) is 1.69. The zero-order valence-corrected chi connectivity index (χ0v) is 19.3. The molecule has 0 saturated heterocycles. The fourth-order valence-electron chi connectivity index (χ4n) is 3.97. The van der Waals surface area contributed by atoms with Crippen LogP contribution in [0.4, 0.5) is 24.5 Å². The van der Waals surface area contributed by atoms with E-state index < -0.39 is 17.2 Å². The molecule has 180 valence electrons. The molecule has 7 heteroatoms. The summed E-state index contributed by atoms with van der Waals surface area (Å²) in [5.41, 5.74) is 11.7. The Balaban J connectivity index is 1.72. The Kier molecular flexibility index (Phi) is 6.35. The maximum atomic E-state index is 13.3. The minimum Gasteiger partial charge on any atom is -0.457 e. The Morgan fingerprint density at radius 1 is 0.600 bits per heavy atom. The Labute approximate surface area is 201 Å². The van der Waals surface area contributed by atoms with E-state index in [-0.39, 0.29) is 11.4 Å². The molecule has 35 heavy (non-hydrogen) atoms. The lowest BCUT2D eigenvalue weighted by Crippen LogP contribution is -2.20. The van der Waals surface area contributed by atoms with Crippen LogP contribution in [-0.2, 0) is 11.6 Å². The van der Waals surface area contributed by atoms with Gasteiger partial charge in [0.1, 0.15) is 23.0 Å². The monoisotopic (exact) mass is 478 g/mol. The first-order valence-corrected chi connectivity index (χ1v) is 10.9. The number of ether oxygens (including phenoxy) is 2. The zero-order valence-electron chi connectivity index (χ0n) is 19.3. The summed E-state index contributed by atoms with van der Waals surface area (Å²) in [6, 6.07) is 25.5. The van der Waals surface area contributed by atoms with E-state index in [1.54, 1.807) is 24.3 Å². The minimum absolute atomic E-state index is 0.0408. The molecule has 0 atom stereocenters. The first-order chi connectivity index (χ1) is 16.6. The molecule has 0 radical (unpaired) electrons. The molecule has 0 aromatic heterocycles. The van der Waals surface area contributed by atoms with Crippen LogP contribution in [0, 0.1) is 0 Å². The van der Waals surface area contributed by atoms with Crippen LogP contribution >= 0.6 is 0 Å². The highest BCUT2D eigenvalue weighted by Gasteiger charge is 2.34. The smallest absolute Gasteiger partial charge is 0.418 e. The van der Waals surface area contributed by atoms with Crippen molar-refractivity contribution in [3.63, 3.8) is 0 Å². The van der Waals surface area contributed by atoms with Crippen molar-refractivity contribution in [2.45, 2.75) is 25.4 Å². The van der Waals surface area contributed by atoms with Crippen LogP contribution in [-0.4, -0.2) is 0 Å². The number of nitrogens with two attached hydrogens (primary N) is 2. The molecular weight excluding hydrogens is 453 g/mol. The molecule has 0 saturated carbocycles. The number of alkyl halides is 3. The van der Waals surface area contributed by atoms with Gasteiger partial charge in [0, 0.05) is 34.0 Å². The van der Waals surface area contributed by atoms with Crippen LogP contribution < -0.4 is 20.9 Å². The van der Waals surface area contributed by atoms with E-state index in [0.29, 0.717) is 22.9 Å². The van der Waals surface area contributed by atoms with E-state index in [4.69, 9.17) is 20.9 Å². The van der Waals surface area contributed by atoms with E-state index in [0.717, 1.165) is 17.2 Å². The number of halogens is 3. The predicted molar refractivity (Wildman–Crippen MR) is 132 cm³/mol. The van der Waals surface area contributed by atoms with E-state index in [2.05, 4.69) is 0 Å². The van der Waals surface area contributed by atoms with Gasteiger partial charge in [0.25, 0.3) is 0 Å². The van der Waals surface area contributed by atoms with Gasteiger partial charge in [-0.1, -0.05) is 56.3 Å². The van der Waals surface area contributed by atoms with Crippen LogP contribution in [0.2, 0.25) is 0 Å². The number of nitrogen functional groups attached to an aromatic ring is 2. The molecule has 0 heterocycles. The van der Waals surface area contributed by atoms with Crippen molar-refractivity contribution in [1.82, 2.24) is 0 Å². The van der Waals surface area contributed by atoms with Gasteiger partial charge >= 0.3 is 6.18 Å². The summed E-state index contributed by atoms with van der Waals surface area (Å²) >= 11 is 0. The molecular formula is C28H25F3N2O2. The summed E-state index contributed by atoms with van der Waals surface area (Å²) in [7, 11) is 0. The topological polar surface area (TPSA) is 70.5 Å². The van der Waals surface area contributed by atoms with Crippen molar-refractivity contribution >= 4 is 11.4 Å². The fourth-order valence-corrected chi connectivity index (χ4v) is 3.97. The Morgan fingerprint density at radius 3 is 1.69 bits per heavy atom. The lowest BCUT2D eigenvalue weighted by atomic mass is 9.77. The quantitative estimate of drug-likeness (QED) is 0.278. The SMILES string of the molecule is CC(C)(c1ccccc1Oc1cccc(N)c1)c1ccccc1Oc1ccc(N)c(C(F)(F)F)c1. The van der Waals surface area contributed by atoms with E-state index in [1.165, 1.54) is 12.1 Å².